The second kappa shape index (κ2) is 28.1. The quantitative estimate of drug-likeness (QED) is 0.167. The van der Waals surface area contributed by atoms with Crippen molar-refractivity contribution >= 4 is 185 Å². The normalized spacial score (nSPS) is 11.8. The first kappa shape index (κ1) is 69.3. The fraction of sp³-hybridized carbons (Fsp3) is 0. The number of aromatic nitrogens is 8. The van der Waals surface area contributed by atoms with Gasteiger partial charge in [0.2, 0.25) is 0 Å². The topological polar surface area (TPSA) is 124 Å². The highest BCUT2D eigenvalue weighted by atomic mass is 35.5. The molecule has 0 amide bonds. The van der Waals surface area contributed by atoms with E-state index in [1.165, 1.54) is 75.7 Å². The Labute approximate surface area is 696 Å². The summed E-state index contributed by atoms with van der Waals surface area (Å²) >= 11 is 7.25. The van der Waals surface area contributed by atoms with Crippen LogP contribution in [-0.2, 0) is 0 Å². The predicted molar refractivity (Wildman–Crippen MR) is 502 cm³/mol. The zero-order chi connectivity index (χ0) is 79.8. The highest BCUT2D eigenvalue weighted by Gasteiger charge is 2.30. The smallest absolute Gasteiger partial charge is 0.167 e. The number of nitrogens with zero attached hydrogens (tertiary/aromatic N) is 7. The second-order valence-corrected chi connectivity index (χ2v) is 31.3. The number of halogens is 1. The van der Waals surface area contributed by atoms with Gasteiger partial charge < -0.3 is 18.4 Å². The van der Waals surface area contributed by atoms with E-state index < -0.39 is 0 Å². The summed E-state index contributed by atoms with van der Waals surface area (Å²) < 4.78 is 15.8. The summed E-state index contributed by atoms with van der Waals surface area (Å²) in [6, 6.07) is 135. The van der Waals surface area contributed by atoms with Crippen LogP contribution < -0.4 is 0 Å². The fourth-order valence-electron chi connectivity index (χ4n) is 18.1. The summed E-state index contributed by atoms with van der Waals surface area (Å²) in [5.74, 6) is 3.44. The number of benzene rings is 20. The molecule has 20 aromatic carbocycles. The van der Waals surface area contributed by atoms with Crippen molar-refractivity contribution in [2.75, 3.05) is 0 Å². The summed E-state index contributed by atoms with van der Waals surface area (Å²) in [5.41, 5.74) is 14.0. The minimum absolute atomic E-state index is 0.504. The van der Waals surface area contributed by atoms with Gasteiger partial charge in [0.15, 0.2) is 34.9 Å². The Kier molecular flexibility index (Phi) is 16.1. The zero-order valence-electron chi connectivity index (χ0n) is 64.8. The van der Waals surface area contributed by atoms with Crippen LogP contribution in [0.25, 0.3) is 248 Å². The van der Waals surface area contributed by atoms with Crippen molar-refractivity contribution in [1.82, 2.24) is 39.5 Å². The molecular weight excluding hydrogens is 1500 g/mol. The predicted octanol–water partition coefficient (Wildman–Crippen LogP) is 29.8. The number of nitrogens with one attached hydrogen (secondary N) is 1. The lowest BCUT2D eigenvalue weighted by atomic mass is 9.96. The van der Waals surface area contributed by atoms with E-state index in [0.717, 1.165) is 137 Å². The number of furan rings is 2. The standard InChI is InChI=1S/C55H32N4O.C35H20ClN3O.C20H13N/c1-2-15-34(16-3-1)53-56-54(40-27-26-33-14-4-5-17-35(33)28-40)58-55(57-53)50-49-43-24-12-13-25-48(43)60-52(49)42-23-11-10-22-41(42)51(50)59-46-31-38-20-8-6-18-36(38)29-44(46)45-30-37-19-7-9-21-39(37)32-47(45)59;36-31-25-14-6-7-15-26(25)32-29(27-16-8-9-17-28(27)40-32)30(31)35-38-33(22-11-2-1-3-12-22)37-34(39-35)24-19-18-21-10-4-5-13-23(21)20-24;1-3-7-15-11-19-17(9-13(15)5-1)18-10-14-6-2-4-8-16(14)12-20(18)21-19/h1-32H;1-20H;1-12,21H. The molecule has 0 saturated heterocycles. The highest BCUT2D eigenvalue weighted by molar-refractivity contribution is 6.42. The van der Waals surface area contributed by atoms with Crippen LogP contribution in [0.4, 0.5) is 0 Å². The molecule has 10 nitrogen and oxygen atoms in total. The number of aromatic amines is 1. The Hall–Kier alpha value is -16.0. The molecule has 0 atom stereocenters. The number of hydrogen-bond acceptors (Lipinski definition) is 8. The molecule has 26 aromatic rings. The molecule has 0 fully saturated rings. The summed E-state index contributed by atoms with van der Waals surface area (Å²) in [7, 11) is 0. The van der Waals surface area contributed by atoms with Crippen LogP contribution in [0.1, 0.15) is 0 Å². The zero-order valence-corrected chi connectivity index (χ0v) is 65.5. The summed E-state index contributed by atoms with van der Waals surface area (Å²) in [6.45, 7) is 0. The molecule has 0 aliphatic rings. The molecule has 0 spiro atoms. The minimum Gasteiger partial charge on any atom is -0.455 e. The number of para-hydroxylation sites is 2. The SMILES string of the molecule is Clc1c(-c2nc(-c3ccccc3)nc(-c3ccc4ccccc4c3)n2)c2c3ccccc3oc2c2ccccc12.c1ccc(-c2nc(-c3ccc4ccccc4c3)nc(-c3c(-n4c5cc6ccccc6cc5c5cc6ccccc6cc54)c4ccccc4c4oc5ccccc5c34)n2)cc1.c1ccc2cc3c(cc2c1)[nH]c1cc2ccccc2cc13. The Morgan fingerprint density at radius 3 is 0.967 bits per heavy atom. The lowest BCUT2D eigenvalue weighted by Crippen LogP contribution is -2.05. The van der Waals surface area contributed by atoms with Gasteiger partial charge in [0.25, 0.3) is 0 Å². The first-order chi connectivity index (χ1) is 59.9. The van der Waals surface area contributed by atoms with Crippen molar-refractivity contribution in [2.45, 2.75) is 0 Å². The molecule has 0 aliphatic heterocycles. The molecule has 0 saturated carbocycles. The van der Waals surface area contributed by atoms with Gasteiger partial charge in [-0.2, -0.15) is 0 Å². The molecule has 564 valence electrons. The van der Waals surface area contributed by atoms with Crippen molar-refractivity contribution in [1.29, 1.82) is 0 Å². The molecule has 26 rings (SSSR count). The fourth-order valence-corrected chi connectivity index (χ4v) is 18.5. The summed E-state index contributed by atoms with van der Waals surface area (Å²) in [5, 5.41) is 27.7. The maximum Gasteiger partial charge on any atom is 0.167 e. The third-order valence-electron chi connectivity index (χ3n) is 23.8. The Bertz CT molecular complexity index is 8590. The van der Waals surface area contributed by atoms with Gasteiger partial charge in [-0.1, -0.05) is 327 Å². The molecule has 11 heteroatoms. The van der Waals surface area contributed by atoms with Gasteiger partial charge in [0.1, 0.15) is 22.3 Å². The molecule has 0 bridgehead atoms. The summed E-state index contributed by atoms with van der Waals surface area (Å²) in [6.07, 6.45) is 0. The van der Waals surface area contributed by atoms with E-state index in [1.807, 2.05) is 109 Å². The Morgan fingerprint density at radius 2 is 0.529 bits per heavy atom. The van der Waals surface area contributed by atoms with Gasteiger partial charge in [-0.05, 0) is 137 Å². The molecule has 0 radical (unpaired) electrons. The van der Waals surface area contributed by atoms with Crippen molar-refractivity contribution in [2.24, 2.45) is 0 Å². The molecule has 6 aromatic heterocycles. The van der Waals surface area contributed by atoms with E-state index in [2.05, 4.69) is 289 Å². The van der Waals surface area contributed by atoms with Gasteiger partial charge in [0, 0.05) is 97.9 Å². The first-order valence-corrected chi connectivity index (χ1v) is 40.9. The van der Waals surface area contributed by atoms with Crippen molar-refractivity contribution < 1.29 is 8.83 Å². The largest absolute Gasteiger partial charge is 0.455 e. The number of rotatable bonds is 7. The highest BCUT2D eigenvalue weighted by Crippen LogP contribution is 2.51. The van der Waals surface area contributed by atoms with Crippen LogP contribution >= 0.6 is 11.6 Å². The van der Waals surface area contributed by atoms with Crippen molar-refractivity contribution in [3.8, 4) is 74.0 Å². The maximum atomic E-state index is 7.25. The first-order valence-electron chi connectivity index (χ1n) is 40.5. The monoisotopic (exact) mass is 1560 g/mol. The third-order valence-corrected chi connectivity index (χ3v) is 24.2. The minimum atomic E-state index is 0.504. The van der Waals surface area contributed by atoms with Gasteiger partial charge in [-0.25, -0.2) is 29.9 Å². The molecule has 121 heavy (non-hydrogen) atoms. The second-order valence-electron chi connectivity index (χ2n) is 31.0. The van der Waals surface area contributed by atoms with Gasteiger partial charge in [-0.3, -0.25) is 0 Å². The number of hydrogen-bond donors (Lipinski definition) is 1. The number of fused-ring (bicyclic) bond motifs is 22. The van der Waals surface area contributed by atoms with E-state index in [9.17, 15) is 0 Å². The molecule has 1 N–H and O–H groups in total. The van der Waals surface area contributed by atoms with E-state index in [4.69, 9.17) is 50.3 Å². The molecular formula is C110H65ClN8O2. The molecule has 0 aliphatic carbocycles. The van der Waals surface area contributed by atoms with Crippen molar-refractivity contribution in [3.63, 3.8) is 0 Å². The third kappa shape index (κ3) is 11.7. The van der Waals surface area contributed by atoms with Crippen LogP contribution in [0.15, 0.2) is 397 Å². The van der Waals surface area contributed by atoms with Crippen molar-refractivity contribution in [3.05, 3.63) is 393 Å². The van der Waals surface area contributed by atoms with E-state index in [0.29, 0.717) is 40.0 Å². The average molecular weight is 1570 g/mol. The van der Waals surface area contributed by atoms with E-state index in [-0.39, 0.29) is 0 Å². The maximum absolute atomic E-state index is 7.25. The van der Waals surface area contributed by atoms with Crippen LogP contribution in [0.5, 0.6) is 0 Å². The van der Waals surface area contributed by atoms with Crippen LogP contribution in [0, 0.1) is 0 Å². The van der Waals surface area contributed by atoms with Gasteiger partial charge in [-0.15, -0.1) is 0 Å². The van der Waals surface area contributed by atoms with E-state index >= 15 is 0 Å². The number of H-pyrrole nitrogens is 1. The van der Waals surface area contributed by atoms with Crippen LogP contribution in [-0.4, -0.2) is 39.5 Å². The van der Waals surface area contributed by atoms with E-state index in [1.54, 1.807) is 0 Å². The lowest BCUT2D eigenvalue weighted by Gasteiger charge is -2.19. The van der Waals surface area contributed by atoms with Gasteiger partial charge in [0.05, 0.1) is 32.9 Å². The average Bonchev–Trinajstić information content (AvgIpc) is 1.49. The Balaban J connectivity index is 0.000000116. The Morgan fingerprint density at radius 1 is 0.223 bits per heavy atom. The van der Waals surface area contributed by atoms with Gasteiger partial charge >= 0.3 is 0 Å². The molecule has 6 heterocycles. The van der Waals surface area contributed by atoms with Crippen LogP contribution in [0.3, 0.4) is 0 Å². The molecule has 0 unspecified atom stereocenters. The summed E-state index contributed by atoms with van der Waals surface area (Å²) in [4.78, 5) is 34.7. The lowest BCUT2D eigenvalue weighted by molar-refractivity contribution is 0.672. The van der Waals surface area contributed by atoms with Crippen LogP contribution in [0.2, 0.25) is 5.02 Å².